The first-order valence-electron chi connectivity index (χ1n) is 8.40. The van der Waals surface area contributed by atoms with Crippen LogP contribution in [0.5, 0.6) is 0 Å². The Kier molecular flexibility index (Phi) is 6.84. The minimum Gasteiger partial charge on any atom is -0.451 e. The number of ether oxygens (including phenoxy) is 1. The Morgan fingerprint density at radius 1 is 1.21 bits per heavy atom. The van der Waals surface area contributed by atoms with Crippen LogP contribution in [0, 0.1) is 5.82 Å². The second kappa shape index (κ2) is 9.35. The summed E-state index contributed by atoms with van der Waals surface area (Å²) < 4.78 is 18.9. The maximum Gasteiger partial charge on any atom is 0.358 e. The van der Waals surface area contributed by atoms with Crippen LogP contribution in [-0.4, -0.2) is 35.4 Å². The monoisotopic (exact) mass is 452 g/mol. The highest BCUT2D eigenvalue weighted by Gasteiger charge is 2.18. The molecule has 9 heteroatoms. The maximum atomic E-state index is 13.9. The molecule has 1 aromatic heterocycles. The average molecular weight is 453 g/mol. The number of likely N-dealkylation sites (N-methyl/N-ethyl adjacent to an activating group) is 1. The van der Waals surface area contributed by atoms with Gasteiger partial charge in [-0.3, -0.25) is 4.79 Å². The van der Waals surface area contributed by atoms with E-state index in [4.69, 9.17) is 27.9 Å². The van der Waals surface area contributed by atoms with E-state index in [1.807, 2.05) is 6.07 Å². The Labute approximate surface area is 180 Å². The second-order valence-corrected chi connectivity index (χ2v) is 7.78. The molecule has 0 radical (unpaired) electrons. The largest absolute Gasteiger partial charge is 0.451 e. The van der Waals surface area contributed by atoms with Gasteiger partial charge in [0.2, 0.25) is 0 Å². The zero-order chi connectivity index (χ0) is 21.0. The van der Waals surface area contributed by atoms with E-state index in [1.54, 1.807) is 23.6 Å². The number of thiazole rings is 1. The van der Waals surface area contributed by atoms with E-state index < -0.39 is 24.3 Å². The van der Waals surface area contributed by atoms with Gasteiger partial charge in [-0.2, -0.15) is 0 Å². The third kappa shape index (κ3) is 5.32. The average Bonchev–Trinajstić information content (AvgIpc) is 3.19. The molecule has 1 heterocycles. The van der Waals surface area contributed by atoms with Gasteiger partial charge < -0.3 is 9.64 Å². The van der Waals surface area contributed by atoms with Crippen LogP contribution in [0.1, 0.15) is 16.1 Å². The van der Waals surface area contributed by atoms with Crippen LogP contribution in [0.25, 0.3) is 10.6 Å². The fourth-order valence-corrected chi connectivity index (χ4v) is 3.64. The third-order valence-electron chi connectivity index (χ3n) is 3.99. The standard InChI is InChI=1S/C20H15Cl2FN2O3S/c1-25(9-14-15(22)6-3-7-16(14)23)18(26)10-28-20(27)17-11-29-19(24-17)12-4-2-5-13(21)8-12/h2-8,11H,9-10H2,1H3. The van der Waals surface area contributed by atoms with Crippen molar-refractivity contribution in [1.82, 2.24) is 9.88 Å². The lowest BCUT2D eigenvalue weighted by Crippen LogP contribution is -2.31. The highest BCUT2D eigenvalue weighted by Crippen LogP contribution is 2.26. The molecule has 0 bridgehead atoms. The van der Waals surface area contributed by atoms with Crippen molar-refractivity contribution in [2.24, 2.45) is 0 Å². The van der Waals surface area contributed by atoms with Crippen LogP contribution in [-0.2, 0) is 16.1 Å². The first-order chi connectivity index (χ1) is 13.8. The molecule has 0 aliphatic carbocycles. The van der Waals surface area contributed by atoms with E-state index in [0.717, 1.165) is 5.56 Å². The highest BCUT2D eigenvalue weighted by atomic mass is 35.5. The molecule has 150 valence electrons. The Bertz CT molecular complexity index is 1040. The number of hydrogen-bond donors (Lipinski definition) is 0. The Balaban J connectivity index is 1.58. The number of nitrogens with zero attached hydrogens (tertiary/aromatic N) is 2. The molecule has 0 aliphatic rings. The molecule has 2 aromatic carbocycles. The number of halogens is 3. The molecular formula is C20H15Cl2FN2O3S. The third-order valence-corrected chi connectivity index (χ3v) is 5.47. The van der Waals surface area contributed by atoms with E-state index in [1.165, 1.54) is 41.5 Å². The van der Waals surface area contributed by atoms with Crippen LogP contribution in [0.4, 0.5) is 4.39 Å². The van der Waals surface area contributed by atoms with Gasteiger partial charge in [0.1, 0.15) is 10.8 Å². The summed E-state index contributed by atoms with van der Waals surface area (Å²) in [6.07, 6.45) is 0. The minimum absolute atomic E-state index is 0.0441. The van der Waals surface area contributed by atoms with Crippen LogP contribution in [0.15, 0.2) is 47.8 Å². The first-order valence-corrected chi connectivity index (χ1v) is 10.0. The lowest BCUT2D eigenvalue weighted by molar-refractivity contribution is -0.133. The number of rotatable bonds is 6. The SMILES string of the molecule is CN(Cc1c(F)cccc1Cl)C(=O)COC(=O)c1csc(-c2cccc(Cl)c2)n1. The molecule has 0 N–H and O–H groups in total. The molecule has 3 aromatic rings. The van der Waals surface area contributed by atoms with Crippen molar-refractivity contribution in [2.75, 3.05) is 13.7 Å². The Hall–Kier alpha value is -2.48. The molecule has 29 heavy (non-hydrogen) atoms. The van der Waals surface area contributed by atoms with Gasteiger partial charge in [0.25, 0.3) is 5.91 Å². The second-order valence-electron chi connectivity index (χ2n) is 6.07. The zero-order valence-electron chi connectivity index (χ0n) is 15.2. The molecule has 3 rings (SSSR count). The van der Waals surface area contributed by atoms with Crippen molar-refractivity contribution in [1.29, 1.82) is 0 Å². The summed E-state index contributed by atoms with van der Waals surface area (Å²) in [6.45, 7) is -0.539. The smallest absolute Gasteiger partial charge is 0.358 e. The molecule has 1 amide bonds. The molecular weight excluding hydrogens is 438 g/mol. The van der Waals surface area contributed by atoms with Gasteiger partial charge in [-0.05, 0) is 24.3 Å². The van der Waals surface area contributed by atoms with E-state index in [-0.39, 0.29) is 22.8 Å². The fraction of sp³-hybridized carbons (Fsp3) is 0.150. The summed E-state index contributed by atoms with van der Waals surface area (Å²) in [4.78, 5) is 29.9. The Morgan fingerprint density at radius 3 is 2.69 bits per heavy atom. The summed E-state index contributed by atoms with van der Waals surface area (Å²) in [6, 6.07) is 11.4. The number of benzene rings is 2. The summed E-state index contributed by atoms with van der Waals surface area (Å²) in [7, 11) is 1.47. The maximum absolute atomic E-state index is 13.9. The number of amides is 1. The molecule has 0 spiro atoms. The molecule has 0 fully saturated rings. The normalized spacial score (nSPS) is 10.6. The molecule has 0 aliphatic heterocycles. The van der Waals surface area contributed by atoms with Gasteiger partial charge in [-0.15, -0.1) is 11.3 Å². The van der Waals surface area contributed by atoms with Crippen molar-refractivity contribution < 1.29 is 18.7 Å². The summed E-state index contributed by atoms with van der Waals surface area (Å²) in [5, 5.41) is 2.94. The van der Waals surface area contributed by atoms with Crippen LogP contribution in [0.3, 0.4) is 0 Å². The van der Waals surface area contributed by atoms with E-state index in [9.17, 15) is 14.0 Å². The van der Waals surface area contributed by atoms with Gasteiger partial charge in [-0.1, -0.05) is 41.4 Å². The highest BCUT2D eigenvalue weighted by molar-refractivity contribution is 7.13. The van der Waals surface area contributed by atoms with E-state index >= 15 is 0 Å². The quantitative estimate of drug-likeness (QED) is 0.489. The van der Waals surface area contributed by atoms with Gasteiger partial charge in [0.05, 0.1) is 0 Å². The summed E-state index contributed by atoms with van der Waals surface area (Å²) in [5.41, 5.74) is 1.07. The number of hydrogen-bond acceptors (Lipinski definition) is 5. The molecule has 0 saturated heterocycles. The topological polar surface area (TPSA) is 59.5 Å². The molecule has 5 nitrogen and oxygen atoms in total. The predicted molar refractivity (Wildman–Crippen MR) is 111 cm³/mol. The number of carbonyl (C=O) groups is 2. The van der Waals surface area contributed by atoms with Crippen molar-refractivity contribution in [3.05, 3.63) is 75.0 Å². The molecule has 0 atom stereocenters. The Morgan fingerprint density at radius 2 is 1.97 bits per heavy atom. The van der Waals surface area contributed by atoms with E-state index in [0.29, 0.717) is 10.0 Å². The van der Waals surface area contributed by atoms with Gasteiger partial charge >= 0.3 is 5.97 Å². The van der Waals surface area contributed by atoms with Gasteiger partial charge in [0.15, 0.2) is 12.3 Å². The molecule has 0 saturated carbocycles. The summed E-state index contributed by atoms with van der Waals surface area (Å²) >= 11 is 13.2. The fourth-order valence-electron chi connectivity index (χ4n) is 2.44. The van der Waals surface area contributed by atoms with Crippen LogP contribution in [0.2, 0.25) is 10.0 Å². The lowest BCUT2D eigenvalue weighted by Gasteiger charge is -2.18. The minimum atomic E-state index is -0.722. The first kappa shape index (κ1) is 21.2. The zero-order valence-corrected chi connectivity index (χ0v) is 17.5. The van der Waals surface area contributed by atoms with Crippen molar-refractivity contribution in [2.45, 2.75) is 6.54 Å². The predicted octanol–water partition coefficient (Wildman–Crippen LogP) is 5.07. The summed E-state index contributed by atoms with van der Waals surface area (Å²) in [5.74, 6) is -1.73. The van der Waals surface area contributed by atoms with Crippen molar-refractivity contribution in [3.63, 3.8) is 0 Å². The van der Waals surface area contributed by atoms with Crippen molar-refractivity contribution in [3.8, 4) is 10.6 Å². The number of aromatic nitrogens is 1. The van der Waals surface area contributed by atoms with E-state index in [2.05, 4.69) is 4.98 Å². The number of carbonyl (C=O) groups excluding carboxylic acids is 2. The lowest BCUT2D eigenvalue weighted by atomic mass is 10.2. The number of esters is 1. The van der Waals surface area contributed by atoms with Crippen LogP contribution < -0.4 is 0 Å². The molecule has 0 unspecified atom stereocenters. The van der Waals surface area contributed by atoms with Crippen molar-refractivity contribution >= 4 is 46.4 Å². The van der Waals surface area contributed by atoms with Gasteiger partial charge in [-0.25, -0.2) is 14.2 Å². The van der Waals surface area contributed by atoms with Crippen LogP contribution >= 0.6 is 34.5 Å². The van der Waals surface area contributed by atoms with Gasteiger partial charge in [0, 0.05) is 40.1 Å².